The monoisotopic (exact) mass is 263 g/mol. The average molecular weight is 263 g/mol. The molecule has 0 saturated carbocycles. The molecule has 0 aliphatic carbocycles. The summed E-state index contributed by atoms with van der Waals surface area (Å²) in [6, 6.07) is 8.24. The maximum absolute atomic E-state index is 6.20. The Labute approximate surface area is 116 Å². The minimum atomic E-state index is 0.167. The Hall–Kier alpha value is -1.06. The molecule has 1 saturated heterocycles. The van der Waals surface area contributed by atoms with Crippen molar-refractivity contribution in [3.05, 3.63) is 29.8 Å². The van der Waals surface area contributed by atoms with E-state index < -0.39 is 0 Å². The maximum atomic E-state index is 6.20. The Morgan fingerprint density at radius 3 is 2.84 bits per heavy atom. The van der Waals surface area contributed by atoms with Gasteiger partial charge in [-0.25, -0.2) is 0 Å². The van der Waals surface area contributed by atoms with Gasteiger partial charge in [0.05, 0.1) is 19.3 Å². The summed E-state index contributed by atoms with van der Waals surface area (Å²) in [6.45, 7) is 7.63. The molecule has 0 N–H and O–H groups in total. The first kappa shape index (κ1) is 14.4. The molecule has 0 bridgehead atoms. The molecule has 19 heavy (non-hydrogen) atoms. The molecule has 0 amide bonds. The van der Waals surface area contributed by atoms with Crippen LogP contribution in [0.2, 0.25) is 0 Å². The maximum Gasteiger partial charge on any atom is 0.119 e. The zero-order chi connectivity index (χ0) is 13.7. The van der Waals surface area contributed by atoms with Crippen molar-refractivity contribution in [2.24, 2.45) is 0 Å². The van der Waals surface area contributed by atoms with Gasteiger partial charge in [-0.15, -0.1) is 0 Å². The summed E-state index contributed by atoms with van der Waals surface area (Å²) in [7, 11) is 1.71. The SMILES string of the molecule is CCCN1CC(CC)OC(c2cccc(OC)c2)C1. The van der Waals surface area contributed by atoms with E-state index in [0.717, 1.165) is 31.8 Å². The van der Waals surface area contributed by atoms with Crippen molar-refractivity contribution >= 4 is 0 Å². The summed E-state index contributed by atoms with van der Waals surface area (Å²) in [5.41, 5.74) is 1.22. The lowest BCUT2D eigenvalue weighted by Crippen LogP contribution is -2.44. The van der Waals surface area contributed by atoms with Gasteiger partial charge in [-0.05, 0) is 37.1 Å². The molecule has 1 heterocycles. The summed E-state index contributed by atoms with van der Waals surface area (Å²) in [5.74, 6) is 0.904. The Balaban J connectivity index is 2.12. The molecule has 1 aliphatic heterocycles. The minimum Gasteiger partial charge on any atom is -0.497 e. The van der Waals surface area contributed by atoms with Crippen molar-refractivity contribution in [3.8, 4) is 5.75 Å². The van der Waals surface area contributed by atoms with Gasteiger partial charge in [-0.1, -0.05) is 26.0 Å². The normalized spacial score (nSPS) is 24.4. The molecule has 0 aromatic heterocycles. The van der Waals surface area contributed by atoms with Gasteiger partial charge in [0.15, 0.2) is 0 Å². The first-order valence-electron chi connectivity index (χ1n) is 7.28. The summed E-state index contributed by atoms with van der Waals surface area (Å²) >= 11 is 0. The van der Waals surface area contributed by atoms with Crippen LogP contribution in [0.25, 0.3) is 0 Å². The number of hydrogen-bond donors (Lipinski definition) is 0. The van der Waals surface area contributed by atoms with E-state index in [0.29, 0.717) is 6.10 Å². The van der Waals surface area contributed by atoms with E-state index in [2.05, 4.69) is 30.9 Å². The van der Waals surface area contributed by atoms with Crippen LogP contribution in [-0.4, -0.2) is 37.7 Å². The second kappa shape index (κ2) is 6.92. The largest absolute Gasteiger partial charge is 0.497 e. The second-order valence-corrected chi connectivity index (χ2v) is 5.19. The third kappa shape index (κ3) is 3.71. The highest BCUT2D eigenvalue weighted by Gasteiger charge is 2.27. The van der Waals surface area contributed by atoms with E-state index in [1.807, 2.05) is 12.1 Å². The molecule has 1 aliphatic rings. The van der Waals surface area contributed by atoms with E-state index in [9.17, 15) is 0 Å². The number of morpholine rings is 1. The van der Waals surface area contributed by atoms with E-state index in [1.165, 1.54) is 12.0 Å². The minimum absolute atomic E-state index is 0.167. The Morgan fingerprint density at radius 2 is 2.16 bits per heavy atom. The highest BCUT2D eigenvalue weighted by molar-refractivity contribution is 5.30. The number of methoxy groups -OCH3 is 1. The molecule has 3 nitrogen and oxygen atoms in total. The van der Waals surface area contributed by atoms with E-state index in [1.54, 1.807) is 7.11 Å². The van der Waals surface area contributed by atoms with Crippen LogP contribution >= 0.6 is 0 Å². The lowest BCUT2D eigenvalue weighted by Gasteiger charge is -2.38. The predicted molar refractivity (Wildman–Crippen MR) is 77.6 cm³/mol. The Bertz CT molecular complexity index is 394. The quantitative estimate of drug-likeness (QED) is 0.814. The van der Waals surface area contributed by atoms with Gasteiger partial charge in [0.25, 0.3) is 0 Å². The molecule has 1 aromatic carbocycles. The molecule has 3 heteroatoms. The van der Waals surface area contributed by atoms with E-state index in [-0.39, 0.29) is 6.10 Å². The van der Waals surface area contributed by atoms with Crippen LogP contribution < -0.4 is 4.74 Å². The van der Waals surface area contributed by atoms with Crippen LogP contribution in [0.1, 0.15) is 38.4 Å². The van der Waals surface area contributed by atoms with Crippen molar-refractivity contribution in [1.29, 1.82) is 0 Å². The molecule has 106 valence electrons. The molecule has 2 atom stereocenters. The summed E-state index contributed by atoms with van der Waals surface area (Å²) in [5, 5.41) is 0. The number of rotatable bonds is 5. The standard InChI is InChI=1S/C16H25NO2/c1-4-9-17-11-14(5-2)19-16(12-17)13-7-6-8-15(10-13)18-3/h6-8,10,14,16H,4-5,9,11-12H2,1-3H3. The van der Waals surface area contributed by atoms with Gasteiger partial charge in [0, 0.05) is 13.1 Å². The van der Waals surface area contributed by atoms with Gasteiger partial charge in [0.1, 0.15) is 5.75 Å². The van der Waals surface area contributed by atoms with Crippen molar-refractivity contribution < 1.29 is 9.47 Å². The summed E-state index contributed by atoms with van der Waals surface area (Å²) in [6.07, 6.45) is 2.78. The Morgan fingerprint density at radius 1 is 1.32 bits per heavy atom. The zero-order valence-electron chi connectivity index (χ0n) is 12.3. The number of nitrogens with zero attached hydrogens (tertiary/aromatic N) is 1. The van der Waals surface area contributed by atoms with E-state index in [4.69, 9.17) is 9.47 Å². The van der Waals surface area contributed by atoms with Crippen molar-refractivity contribution in [2.45, 2.75) is 38.9 Å². The van der Waals surface area contributed by atoms with Crippen LogP contribution in [0.15, 0.2) is 24.3 Å². The molecular weight excluding hydrogens is 238 g/mol. The number of ether oxygens (including phenoxy) is 2. The molecular formula is C16H25NO2. The molecule has 0 radical (unpaired) electrons. The highest BCUT2D eigenvalue weighted by atomic mass is 16.5. The lowest BCUT2D eigenvalue weighted by atomic mass is 10.0. The zero-order valence-corrected chi connectivity index (χ0v) is 12.3. The molecule has 0 spiro atoms. The first-order valence-corrected chi connectivity index (χ1v) is 7.28. The van der Waals surface area contributed by atoms with Crippen LogP contribution in [0.5, 0.6) is 5.75 Å². The van der Waals surface area contributed by atoms with Gasteiger partial charge >= 0.3 is 0 Å². The second-order valence-electron chi connectivity index (χ2n) is 5.19. The van der Waals surface area contributed by atoms with Crippen LogP contribution in [-0.2, 0) is 4.74 Å². The van der Waals surface area contributed by atoms with Crippen LogP contribution in [0.4, 0.5) is 0 Å². The van der Waals surface area contributed by atoms with Gasteiger partial charge < -0.3 is 9.47 Å². The average Bonchev–Trinajstić information content (AvgIpc) is 2.47. The molecule has 1 aromatic rings. The van der Waals surface area contributed by atoms with Crippen LogP contribution in [0.3, 0.4) is 0 Å². The third-order valence-electron chi connectivity index (χ3n) is 3.70. The lowest BCUT2D eigenvalue weighted by molar-refractivity contribution is -0.0882. The topological polar surface area (TPSA) is 21.7 Å². The van der Waals surface area contributed by atoms with Crippen molar-refractivity contribution in [1.82, 2.24) is 4.90 Å². The Kier molecular flexibility index (Phi) is 5.23. The fraction of sp³-hybridized carbons (Fsp3) is 0.625. The highest BCUT2D eigenvalue weighted by Crippen LogP contribution is 2.28. The van der Waals surface area contributed by atoms with Crippen molar-refractivity contribution in [3.63, 3.8) is 0 Å². The van der Waals surface area contributed by atoms with Gasteiger partial charge in [0.2, 0.25) is 0 Å². The fourth-order valence-electron chi connectivity index (χ4n) is 2.67. The number of hydrogen-bond acceptors (Lipinski definition) is 3. The third-order valence-corrected chi connectivity index (χ3v) is 3.70. The predicted octanol–water partition coefficient (Wildman–Crippen LogP) is 3.26. The van der Waals surface area contributed by atoms with Crippen LogP contribution in [0, 0.1) is 0 Å². The molecule has 1 fully saturated rings. The fourth-order valence-corrected chi connectivity index (χ4v) is 2.67. The molecule has 2 unspecified atom stereocenters. The van der Waals surface area contributed by atoms with E-state index >= 15 is 0 Å². The summed E-state index contributed by atoms with van der Waals surface area (Å²) < 4.78 is 11.5. The summed E-state index contributed by atoms with van der Waals surface area (Å²) in [4.78, 5) is 2.52. The smallest absolute Gasteiger partial charge is 0.119 e. The first-order chi connectivity index (χ1) is 9.26. The van der Waals surface area contributed by atoms with Crippen molar-refractivity contribution in [2.75, 3.05) is 26.7 Å². The van der Waals surface area contributed by atoms with Gasteiger partial charge in [-0.3, -0.25) is 4.90 Å². The number of benzene rings is 1. The van der Waals surface area contributed by atoms with Gasteiger partial charge in [-0.2, -0.15) is 0 Å². The molecule has 2 rings (SSSR count).